The molecule has 0 spiro atoms. The number of carbonyl (C=O) groups is 1. The van der Waals surface area contributed by atoms with Crippen LogP contribution in [0.5, 0.6) is 0 Å². The smallest absolute Gasteiger partial charge is 0.337 e. The Labute approximate surface area is 217 Å². The van der Waals surface area contributed by atoms with Crippen molar-refractivity contribution in [2.24, 2.45) is 5.73 Å². The molecule has 1 aliphatic carbocycles. The van der Waals surface area contributed by atoms with E-state index in [9.17, 15) is 4.79 Å². The molecule has 0 bridgehead atoms. The van der Waals surface area contributed by atoms with Gasteiger partial charge in [-0.2, -0.15) is 0 Å². The average molecular weight is 502 g/mol. The van der Waals surface area contributed by atoms with Crippen LogP contribution in [0.15, 0.2) is 72.9 Å². The first-order valence-electron chi connectivity index (χ1n) is 12.8. The number of unbranched alkanes of at least 4 members (excludes halogenated alkanes) is 1. The number of carboxylic acids is 1. The molecule has 2 atom stereocenters. The van der Waals surface area contributed by atoms with Crippen molar-refractivity contribution in [1.29, 1.82) is 0 Å². The third kappa shape index (κ3) is 7.01. The number of nitrogens with two attached hydrogens (primary N) is 1. The van der Waals surface area contributed by atoms with Crippen LogP contribution in [-0.2, 0) is 17.8 Å². The largest absolute Gasteiger partial charge is 0.479 e. The molecule has 37 heavy (non-hydrogen) atoms. The summed E-state index contributed by atoms with van der Waals surface area (Å²) >= 11 is 0. The Balaban J connectivity index is 0.000000245. The lowest BCUT2D eigenvalue weighted by Crippen LogP contribution is -2.33. The summed E-state index contributed by atoms with van der Waals surface area (Å²) in [5, 5.41) is 17.4. The summed E-state index contributed by atoms with van der Waals surface area (Å²) < 4.78 is 0. The van der Waals surface area contributed by atoms with Crippen LogP contribution in [0.25, 0.3) is 11.0 Å². The Morgan fingerprint density at radius 3 is 2.62 bits per heavy atom. The number of aromatic amines is 1. The molecule has 2 aromatic carbocycles. The van der Waals surface area contributed by atoms with Gasteiger partial charge in [0.15, 0.2) is 6.10 Å². The molecular weight excluding hydrogens is 466 g/mol. The van der Waals surface area contributed by atoms with Gasteiger partial charge < -0.3 is 20.9 Å². The van der Waals surface area contributed by atoms with Crippen molar-refractivity contribution in [1.82, 2.24) is 19.9 Å². The van der Waals surface area contributed by atoms with E-state index in [1.807, 2.05) is 18.3 Å². The first kappa shape index (κ1) is 26.5. The Morgan fingerprint density at radius 1 is 1.08 bits per heavy atom. The number of aliphatic hydroxyl groups is 1. The zero-order chi connectivity index (χ0) is 26.0. The van der Waals surface area contributed by atoms with Crippen molar-refractivity contribution in [3.63, 3.8) is 0 Å². The fourth-order valence-corrected chi connectivity index (χ4v) is 4.80. The monoisotopic (exact) mass is 501 g/mol. The molecule has 0 aliphatic heterocycles. The van der Waals surface area contributed by atoms with Crippen molar-refractivity contribution in [2.75, 3.05) is 13.1 Å². The number of fused-ring (bicyclic) bond motifs is 2. The van der Waals surface area contributed by atoms with E-state index in [0.717, 1.165) is 62.2 Å². The second kappa shape index (κ2) is 13.1. The summed E-state index contributed by atoms with van der Waals surface area (Å²) in [4.78, 5) is 25.8. The molecule has 0 radical (unpaired) electrons. The van der Waals surface area contributed by atoms with Crippen molar-refractivity contribution >= 4 is 17.0 Å². The molecular formula is C29H35N5O3. The third-order valence-electron chi connectivity index (χ3n) is 6.65. The molecule has 2 unspecified atom stereocenters. The molecule has 2 heterocycles. The lowest BCUT2D eigenvalue weighted by atomic mass is 9.90. The van der Waals surface area contributed by atoms with E-state index in [0.29, 0.717) is 11.6 Å². The molecule has 8 heteroatoms. The number of nitrogens with one attached hydrogen (secondary N) is 1. The number of imidazole rings is 1. The number of carboxylic acid groups (broad SMARTS) is 1. The van der Waals surface area contributed by atoms with Gasteiger partial charge >= 0.3 is 5.97 Å². The SMILES string of the molecule is NCCCCN(Cc1nc2ccccc2[nH]1)C1CCCc2cccnc21.O=C(O)C(O)c1ccccc1. The van der Waals surface area contributed by atoms with Crippen LogP contribution in [0.1, 0.15) is 60.5 Å². The first-order valence-corrected chi connectivity index (χ1v) is 12.8. The van der Waals surface area contributed by atoms with E-state index in [2.05, 4.69) is 34.1 Å². The molecule has 0 saturated carbocycles. The van der Waals surface area contributed by atoms with Crippen LogP contribution in [0, 0.1) is 0 Å². The van der Waals surface area contributed by atoms with E-state index in [4.69, 9.17) is 25.9 Å². The van der Waals surface area contributed by atoms with Gasteiger partial charge in [0.05, 0.1) is 29.3 Å². The Kier molecular flexibility index (Phi) is 9.37. The van der Waals surface area contributed by atoms with Gasteiger partial charge in [0.1, 0.15) is 5.82 Å². The summed E-state index contributed by atoms with van der Waals surface area (Å²) in [6.45, 7) is 2.59. The van der Waals surface area contributed by atoms with Gasteiger partial charge in [0.25, 0.3) is 0 Å². The molecule has 194 valence electrons. The fourth-order valence-electron chi connectivity index (χ4n) is 4.80. The van der Waals surface area contributed by atoms with Crippen LogP contribution in [-0.4, -0.2) is 49.1 Å². The van der Waals surface area contributed by atoms with Crippen molar-refractivity contribution in [3.05, 3.63) is 95.6 Å². The maximum Gasteiger partial charge on any atom is 0.337 e. The summed E-state index contributed by atoms with van der Waals surface area (Å²) in [7, 11) is 0. The summed E-state index contributed by atoms with van der Waals surface area (Å²) in [6, 6.07) is 21.1. The van der Waals surface area contributed by atoms with E-state index in [-0.39, 0.29) is 0 Å². The van der Waals surface area contributed by atoms with E-state index >= 15 is 0 Å². The number of hydrogen-bond acceptors (Lipinski definition) is 6. The highest BCUT2D eigenvalue weighted by molar-refractivity contribution is 5.74. The number of H-pyrrole nitrogens is 1. The van der Waals surface area contributed by atoms with Gasteiger partial charge in [-0.1, -0.05) is 48.5 Å². The van der Waals surface area contributed by atoms with Crippen molar-refractivity contribution in [3.8, 4) is 0 Å². The van der Waals surface area contributed by atoms with Crippen LogP contribution in [0.4, 0.5) is 0 Å². The molecule has 0 fully saturated rings. The molecule has 5 rings (SSSR count). The number of hydrogen-bond donors (Lipinski definition) is 4. The van der Waals surface area contributed by atoms with Gasteiger partial charge in [-0.15, -0.1) is 0 Å². The van der Waals surface area contributed by atoms with Crippen molar-refractivity contribution in [2.45, 2.75) is 50.8 Å². The number of aliphatic hydroxyl groups excluding tert-OH is 1. The summed E-state index contributed by atoms with van der Waals surface area (Å²) in [5.41, 5.74) is 10.9. The number of para-hydroxylation sites is 2. The topological polar surface area (TPSA) is 128 Å². The molecule has 8 nitrogen and oxygen atoms in total. The fraction of sp³-hybridized carbons (Fsp3) is 0.345. The van der Waals surface area contributed by atoms with E-state index < -0.39 is 12.1 Å². The third-order valence-corrected chi connectivity index (χ3v) is 6.65. The lowest BCUT2D eigenvalue weighted by Gasteiger charge is -2.34. The molecule has 2 aromatic heterocycles. The molecule has 1 aliphatic rings. The number of benzene rings is 2. The van der Waals surface area contributed by atoms with E-state index in [1.165, 1.54) is 17.7 Å². The van der Waals surface area contributed by atoms with Gasteiger partial charge in [0, 0.05) is 6.20 Å². The number of pyridine rings is 1. The van der Waals surface area contributed by atoms with Crippen molar-refractivity contribution < 1.29 is 15.0 Å². The maximum absolute atomic E-state index is 10.2. The maximum atomic E-state index is 10.2. The van der Waals surface area contributed by atoms with E-state index in [1.54, 1.807) is 30.3 Å². The highest BCUT2D eigenvalue weighted by Gasteiger charge is 2.27. The predicted molar refractivity (Wildman–Crippen MR) is 144 cm³/mol. The lowest BCUT2D eigenvalue weighted by molar-refractivity contribution is -0.146. The number of aryl methyl sites for hydroxylation is 1. The van der Waals surface area contributed by atoms with Gasteiger partial charge in [-0.25, -0.2) is 9.78 Å². The number of rotatable bonds is 9. The number of aliphatic carboxylic acids is 1. The van der Waals surface area contributed by atoms with Gasteiger partial charge in [-0.05, 0) is 74.5 Å². The standard InChI is InChI=1S/C21H27N5.C8H8O3/c22-12-3-4-14-26(15-20-24-17-9-1-2-10-18(17)25-20)19-11-5-7-16-8-6-13-23-21(16)19;9-7(8(10)11)6-4-2-1-3-5-6/h1-2,6,8-10,13,19H,3-5,7,11-12,14-15,22H2,(H,24,25);1-5,7,9H,(H,10,11). The quantitative estimate of drug-likeness (QED) is 0.251. The van der Waals surface area contributed by atoms with Crippen LogP contribution in [0.2, 0.25) is 0 Å². The second-order valence-corrected chi connectivity index (χ2v) is 9.27. The molecule has 0 amide bonds. The van der Waals surface area contributed by atoms with Crippen LogP contribution in [0.3, 0.4) is 0 Å². The Hall–Kier alpha value is -3.59. The number of aromatic nitrogens is 3. The second-order valence-electron chi connectivity index (χ2n) is 9.27. The number of nitrogens with zero attached hydrogens (tertiary/aromatic N) is 3. The zero-order valence-corrected chi connectivity index (χ0v) is 21.0. The molecule has 0 saturated heterocycles. The highest BCUT2D eigenvalue weighted by Crippen LogP contribution is 2.33. The predicted octanol–water partition coefficient (Wildman–Crippen LogP) is 4.38. The van der Waals surface area contributed by atoms with Crippen LogP contribution < -0.4 is 5.73 Å². The minimum absolute atomic E-state index is 0.367. The normalized spacial score (nSPS) is 15.6. The molecule has 4 aromatic rings. The average Bonchev–Trinajstić information content (AvgIpc) is 3.35. The van der Waals surface area contributed by atoms with Gasteiger partial charge in [0.2, 0.25) is 0 Å². The Morgan fingerprint density at radius 2 is 1.86 bits per heavy atom. The highest BCUT2D eigenvalue weighted by atomic mass is 16.4. The summed E-state index contributed by atoms with van der Waals surface area (Å²) in [5.74, 6) is -0.196. The molecule has 5 N–H and O–H groups in total. The Bertz CT molecular complexity index is 1240. The summed E-state index contributed by atoms with van der Waals surface area (Å²) in [6.07, 6.45) is 6.20. The van der Waals surface area contributed by atoms with Crippen LogP contribution >= 0.6 is 0 Å². The van der Waals surface area contributed by atoms with Gasteiger partial charge in [-0.3, -0.25) is 9.88 Å². The zero-order valence-electron chi connectivity index (χ0n) is 21.0. The minimum atomic E-state index is -1.41. The minimum Gasteiger partial charge on any atom is -0.479 e. The first-order chi connectivity index (χ1) is 18.1.